The number of halogens is 3. The number of hydrogen-bond donors (Lipinski definition) is 2. The first-order valence-corrected chi connectivity index (χ1v) is 9.84. The molecule has 4 rings (SSSR count). The summed E-state index contributed by atoms with van der Waals surface area (Å²) in [5.74, 6) is 0.369. The zero-order valence-electron chi connectivity index (χ0n) is 16.5. The minimum Gasteiger partial charge on any atom is -0.378 e. The highest BCUT2D eigenvalue weighted by Gasteiger charge is 2.30. The molecule has 1 atom stereocenters. The van der Waals surface area contributed by atoms with E-state index < -0.39 is 17.8 Å². The molecular formula is C24H20F3N3O. The summed E-state index contributed by atoms with van der Waals surface area (Å²) in [6.45, 7) is 0. The number of anilines is 2. The van der Waals surface area contributed by atoms with Crippen LogP contribution in [-0.2, 0) is 23.8 Å². The fourth-order valence-electron chi connectivity index (χ4n) is 3.58. The van der Waals surface area contributed by atoms with Gasteiger partial charge in [0.2, 0.25) is 0 Å². The van der Waals surface area contributed by atoms with Gasteiger partial charge in [-0.15, -0.1) is 0 Å². The molecule has 0 radical (unpaired) electrons. The van der Waals surface area contributed by atoms with Crippen molar-refractivity contribution in [1.29, 1.82) is 0 Å². The molecule has 2 N–H and O–H groups in total. The number of nitrogens with zero attached hydrogens (tertiary/aromatic N) is 1. The monoisotopic (exact) mass is 423 g/mol. The molecule has 4 nitrogen and oxygen atoms in total. The van der Waals surface area contributed by atoms with Gasteiger partial charge in [0, 0.05) is 16.9 Å². The summed E-state index contributed by atoms with van der Waals surface area (Å²) < 4.78 is 39.3. The van der Waals surface area contributed by atoms with Crippen LogP contribution in [0.2, 0.25) is 0 Å². The molecule has 0 saturated heterocycles. The van der Waals surface area contributed by atoms with Gasteiger partial charge in [-0.3, -0.25) is 0 Å². The average Bonchev–Trinajstić information content (AvgIpc) is 2.77. The number of aryl methyl sites for hydroxylation is 2. The summed E-state index contributed by atoms with van der Waals surface area (Å²) in [5, 5.41) is 5.96. The minimum absolute atomic E-state index is 0.254. The van der Waals surface area contributed by atoms with Crippen LogP contribution in [0, 0.1) is 0 Å². The first-order chi connectivity index (χ1) is 14.9. The van der Waals surface area contributed by atoms with Gasteiger partial charge in [0.05, 0.1) is 5.56 Å². The van der Waals surface area contributed by atoms with Crippen LogP contribution in [0.5, 0.6) is 0 Å². The first kappa shape index (κ1) is 20.7. The predicted octanol–water partition coefficient (Wildman–Crippen LogP) is 5.44. The van der Waals surface area contributed by atoms with Crippen LogP contribution in [0.1, 0.15) is 34.0 Å². The zero-order valence-corrected chi connectivity index (χ0v) is 16.5. The summed E-state index contributed by atoms with van der Waals surface area (Å²) in [7, 11) is 0. The number of pyridine rings is 1. The van der Waals surface area contributed by atoms with Crippen LogP contribution in [0.25, 0.3) is 6.08 Å². The highest BCUT2D eigenvalue weighted by Crippen LogP contribution is 2.34. The van der Waals surface area contributed by atoms with Gasteiger partial charge in [-0.1, -0.05) is 36.4 Å². The van der Waals surface area contributed by atoms with Crippen LogP contribution in [-0.4, -0.2) is 11.3 Å². The molecule has 2 aromatic carbocycles. The van der Waals surface area contributed by atoms with Crippen molar-refractivity contribution in [2.24, 2.45) is 0 Å². The summed E-state index contributed by atoms with van der Waals surface area (Å²) in [4.78, 5) is 16.3. The Labute approximate surface area is 177 Å². The van der Waals surface area contributed by atoms with Crippen molar-refractivity contribution in [3.05, 3.63) is 94.8 Å². The zero-order chi connectivity index (χ0) is 21.8. The van der Waals surface area contributed by atoms with Gasteiger partial charge in [-0.2, -0.15) is 13.2 Å². The molecule has 2 heterocycles. The topological polar surface area (TPSA) is 54.0 Å². The van der Waals surface area contributed by atoms with Crippen molar-refractivity contribution >= 4 is 23.9 Å². The minimum atomic E-state index is -4.45. The van der Waals surface area contributed by atoms with E-state index in [4.69, 9.17) is 0 Å². The van der Waals surface area contributed by atoms with Crippen molar-refractivity contribution < 1.29 is 18.0 Å². The van der Waals surface area contributed by atoms with Gasteiger partial charge in [-0.25, -0.2) is 4.98 Å². The van der Waals surface area contributed by atoms with Gasteiger partial charge < -0.3 is 15.4 Å². The second-order valence-electron chi connectivity index (χ2n) is 7.27. The van der Waals surface area contributed by atoms with Crippen molar-refractivity contribution in [3.8, 4) is 0 Å². The highest BCUT2D eigenvalue weighted by atomic mass is 19.4. The normalized spacial score (nSPS) is 15.1. The predicted molar refractivity (Wildman–Crippen MR) is 114 cm³/mol. The number of rotatable bonds is 6. The molecule has 0 aliphatic carbocycles. The van der Waals surface area contributed by atoms with Crippen LogP contribution >= 0.6 is 0 Å². The lowest BCUT2D eigenvalue weighted by molar-refractivity contribution is -0.137. The summed E-state index contributed by atoms with van der Waals surface area (Å²) in [6.07, 6.45) is 1.26. The largest absolute Gasteiger partial charge is 0.416 e. The molecular weight excluding hydrogens is 403 g/mol. The van der Waals surface area contributed by atoms with Gasteiger partial charge in [-0.05, 0) is 60.5 Å². The van der Waals surface area contributed by atoms with Crippen LogP contribution in [0.4, 0.5) is 24.7 Å². The van der Waals surface area contributed by atoms with E-state index in [0.717, 1.165) is 41.7 Å². The standard InChI is InChI=1S/C24H20F3N3O/c25-24(26,27)18-7-4-8-19(14-18)29-23-22-17(11-12-28-21(22)15-31)13-20(30-23)10-9-16-5-2-1-3-6-16/h1-8,11-15,21,28H,9-10H2,(H,29,30). The third kappa shape index (κ3) is 4.77. The number of fused-ring (bicyclic) bond motifs is 1. The van der Waals surface area contributed by atoms with Crippen molar-refractivity contribution in [3.63, 3.8) is 0 Å². The number of carbonyl (C=O) groups excluding carboxylic acids is 1. The number of aldehydes is 1. The molecule has 1 aliphatic rings. The van der Waals surface area contributed by atoms with E-state index in [1.807, 2.05) is 42.5 Å². The van der Waals surface area contributed by atoms with E-state index in [1.54, 1.807) is 12.3 Å². The fraction of sp³-hybridized carbons (Fsp3) is 0.167. The Morgan fingerprint density at radius 2 is 1.84 bits per heavy atom. The van der Waals surface area contributed by atoms with Crippen LogP contribution < -0.4 is 10.6 Å². The Balaban J connectivity index is 1.69. The Hall–Kier alpha value is -3.61. The van der Waals surface area contributed by atoms with Gasteiger partial charge in [0.15, 0.2) is 0 Å². The molecule has 3 aromatic rings. The van der Waals surface area contributed by atoms with E-state index in [9.17, 15) is 18.0 Å². The van der Waals surface area contributed by atoms with Gasteiger partial charge >= 0.3 is 6.18 Å². The summed E-state index contributed by atoms with van der Waals surface area (Å²) >= 11 is 0. The number of nitrogens with one attached hydrogen (secondary N) is 2. The number of carbonyl (C=O) groups is 1. The average molecular weight is 423 g/mol. The maximum Gasteiger partial charge on any atom is 0.416 e. The molecule has 7 heteroatoms. The third-order valence-electron chi connectivity index (χ3n) is 5.09. The molecule has 0 spiro atoms. The van der Waals surface area contributed by atoms with Crippen LogP contribution in [0.15, 0.2) is 66.9 Å². The van der Waals surface area contributed by atoms with Crippen LogP contribution in [0.3, 0.4) is 0 Å². The molecule has 158 valence electrons. The highest BCUT2D eigenvalue weighted by molar-refractivity contribution is 5.77. The SMILES string of the molecule is O=CC1NC=Cc2cc(CCc3ccccc3)nc(Nc3cccc(C(F)(F)F)c3)c21. The fourth-order valence-corrected chi connectivity index (χ4v) is 3.58. The second kappa shape index (κ2) is 8.63. The van der Waals surface area contributed by atoms with Crippen molar-refractivity contribution in [2.45, 2.75) is 25.1 Å². The van der Waals surface area contributed by atoms with E-state index in [0.29, 0.717) is 17.8 Å². The van der Waals surface area contributed by atoms with Gasteiger partial charge in [0.1, 0.15) is 18.1 Å². The van der Waals surface area contributed by atoms with Crippen molar-refractivity contribution in [2.75, 3.05) is 5.32 Å². The molecule has 0 saturated carbocycles. The number of alkyl halides is 3. The lowest BCUT2D eigenvalue weighted by Crippen LogP contribution is -2.23. The smallest absolute Gasteiger partial charge is 0.378 e. The first-order valence-electron chi connectivity index (χ1n) is 9.84. The molecule has 31 heavy (non-hydrogen) atoms. The molecule has 1 aliphatic heterocycles. The quantitative estimate of drug-likeness (QED) is 0.518. The Kier molecular flexibility index (Phi) is 5.75. The summed E-state index contributed by atoms with van der Waals surface area (Å²) in [5.41, 5.74) is 2.87. The Morgan fingerprint density at radius 1 is 1.03 bits per heavy atom. The molecule has 0 bridgehead atoms. The maximum atomic E-state index is 13.1. The Bertz CT molecular complexity index is 1110. The summed E-state index contributed by atoms with van der Waals surface area (Å²) in [6, 6.07) is 16.2. The lowest BCUT2D eigenvalue weighted by Gasteiger charge is -2.23. The van der Waals surface area contributed by atoms with E-state index in [2.05, 4.69) is 15.6 Å². The number of benzene rings is 2. The van der Waals surface area contributed by atoms with E-state index >= 15 is 0 Å². The van der Waals surface area contributed by atoms with Crippen molar-refractivity contribution in [1.82, 2.24) is 10.3 Å². The molecule has 1 aromatic heterocycles. The lowest BCUT2D eigenvalue weighted by atomic mass is 9.97. The molecule has 1 unspecified atom stereocenters. The number of aromatic nitrogens is 1. The second-order valence-corrected chi connectivity index (χ2v) is 7.27. The third-order valence-corrected chi connectivity index (χ3v) is 5.09. The number of hydrogen-bond acceptors (Lipinski definition) is 4. The molecule has 0 fully saturated rings. The van der Waals surface area contributed by atoms with E-state index in [1.165, 1.54) is 6.07 Å². The maximum absolute atomic E-state index is 13.1. The Morgan fingerprint density at radius 3 is 2.58 bits per heavy atom. The van der Waals surface area contributed by atoms with Gasteiger partial charge in [0.25, 0.3) is 0 Å². The molecule has 0 amide bonds. The van der Waals surface area contributed by atoms with E-state index in [-0.39, 0.29) is 5.69 Å².